The van der Waals surface area contributed by atoms with Crippen LogP contribution in [0.1, 0.15) is 10.4 Å². The van der Waals surface area contributed by atoms with Crippen LogP contribution in [-0.4, -0.2) is 23.3 Å². The number of anilines is 1. The minimum atomic E-state index is -4.35. The standard InChI is InChI=1S/C11H9F3N2O2/c12-11(13,14)9-5-6-16(15-9)8-3-1-7(2-4-8)10(17)18/h1-6,9,15H,(H,17,18). The molecule has 96 valence electrons. The fourth-order valence-electron chi connectivity index (χ4n) is 1.52. The van der Waals surface area contributed by atoms with Crippen LogP contribution in [0.5, 0.6) is 0 Å². The summed E-state index contributed by atoms with van der Waals surface area (Å²) >= 11 is 0. The van der Waals surface area contributed by atoms with E-state index in [4.69, 9.17) is 5.11 Å². The molecular formula is C11H9F3N2O2. The van der Waals surface area contributed by atoms with Crippen molar-refractivity contribution in [3.05, 3.63) is 42.1 Å². The van der Waals surface area contributed by atoms with Gasteiger partial charge in [-0.05, 0) is 30.3 Å². The predicted molar refractivity (Wildman–Crippen MR) is 58.0 cm³/mol. The summed E-state index contributed by atoms with van der Waals surface area (Å²) in [6.07, 6.45) is -2.11. The van der Waals surface area contributed by atoms with Gasteiger partial charge in [0.05, 0.1) is 11.3 Å². The lowest BCUT2D eigenvalue weighted by Crippen LogP contribution is -2.43. The Hall–Kier alpha value is -2.02. The number of benzene rings is 1. The maximum atomic E-state index is 12.4. The molecule has 1 unspecified atom stereocenters. The van der Waals surface area contributed by atoms with E-state index < -0.39 is 18.2 Å². The van der Waals surface area contributed by atoms with Crippen LogP contribution >= 0.6 is 0 Å². The third-order valence-corrected chi connectivity index (χ3v) is 2.45. The van der Waals surface area contributed by atoms with Crippen LogP contribution in [0, 0.1) is 0 Å². The number of rotatable bonds is 2. The molecule has 0 aromatic heterocycles. The second kappa shape index (κ2) is 4.34. The highest BCUT2D eigenvalue weighted by molar-refractivity contribution is 5.88. The van der Waals surface area contributed by atoms with E-state index in [0.29, 0.717) is 5.69 Å². The molecule has 1 aromatic carbocycles. The lowest BCUT2D eigenvalue weighted by Gasteiger charge is -2.21. The normalized spacial score (nSPS) is 19.3. The molecule has 7 heteroatoms. The van der Waals surface area contributed by atoms with Crippen LogP contribution in [-0.2, 0) is 0 Å². The molecule has 1 heterocycles. The van der Waals surface area contributed by atoms with Gasteiger partial charge in [0.1, 0.15) is 6.04 Å². The Kier molecular flexibility index (Phi) is 3.00. The molecule has 18 heavy (non-hydrogen) atoms. The molecule has 2 N–H and O–H groups in total. The van der Waals surface area contributed by atoms with E-state index in [1.165, 1.54) is 35.5 Å². The van der Waals surface area contributed by atoms with Crippen molar-refractivity contribution in [1.29, 1.82) is 0 Å². The molecule has 1 aliphatic heterocycles. The number of halogens is 3. The van der Waals surface area contributed by atoms with Crippen LogP contribution in [0.15, 0.2) is 36.5 Å². The van der Waals surface area contributed by atoms with Gasteiger partial charge >= 0.3 is 12.1 Å². The second-order valence-corrected chi connectivity index (χ2v) is 3.71. The highest BCUT2D eigenvalue weighted by Gasteiger charge is 2.41. The Morgan fingerprint density at radius 3 is 2.33 bits per heavy atom. The molecule has 0 spiro atoms. The van der Waals surface area contributed by atoms with Crippen molar-refractivity contribution >= 4 is 11.7 Å². The Bertz CT molecular complexity index is 482. The van der Waals surface area contributed by atoms with Crippen LogP contribution < -0.4 is 10.4 Å². The van der Waals surface area contributed by atoms with E-state index >= 15 is 0 Å². The molecule has 0 radical (unpaired) electrons. The number of hydrogen-bond acceptors (Lipinski definition) is 3. The Morgan fingerprint density at radius 2 is 1.89 bits per heavy atom. The average Bonchev–Trinajstić information content (AvgIpc) is 2.78. The van der Waals surface area contributed by atoms with E-state index in [0.717, 1.165) is 6.08 Å². The van der Waals surface area contributed by atoms with Crippen LogP contribution in [0.3, 0.4) is 0 Å². The predicted octanol–water partition coefficient (Wildman–Crippen LogP) is 2.15. The Morgan fingerprint density at radius 1 is 1.28 bits per heavy atom. The zero-order valence-electron chi connectivity index (χ0n) is 8.98. The number of carboxylic acid groups (broad SMARTS) is 1. The molecule has 0 bridgehead atoms. The molecule has 1 atom stereocenters. The van der Waals surface area contributed by atoms with Crippen molar-refractivity contribution in [2.45, 2.75) is 12.2 Å². The van der Waals surface area contributed by atoms with Crippen molar-refractivity contribution in [3.63, 3.8) is 0 Å². The molecule has 1 aliphatic rings. The summed E-state index contributed by atoms with van der Waals surface area (Å²) < 4.78 is 37.2. The summed E-state index contributed by atoms with van der Waals surface area (Å²) in [5, 5.41) is 9.90. The summed E-state index contributed by atoms with van der Waals surface area (Å²) in [6, 6.07) is 3.79. The number of carboxylic acids is 1. The molecule has 0 amide bonds. The summed E-state index contributed by atoms with van der Waals surface area (Å²) in [7, 11) is 0. The first-order valence-electron chi connectivity index (χ1n) is 5.02. The second-order valence-electron chi connectivity index (χ2n) is 3.71. The highest BCUT2D eigenvalue weighted by atomic mass is 19.4. The van der Waals surface area contributed by atoms with Gasteiger partial charge in [-0.15, -0.1) is 0 Å². The van der Waals surface area contributed by atoms with Gasteiger partial charge in [-0.2, -0.15) is 13.2 Å². The molecule has 0 saturated carbocycles. The lowest BCUT2D eigenvalue weighted by atomic mass is 10.2. The summed E-state index contributed by atoms with van der Waals surface area (Å²) in [5.74, 6) is -1.08. The van der Waals surface area contributed by atoms with Gasteiger partial charge in [0.2, 0.25) is 0 Å². The SMILES string of the molecule is O=C(O)c1ccc(N2C=CC(C(F)(F)F)N2)cc1. The number of carbonyl (C=O) groups is 1. The molecule has 0 saturated heterocycles. The third-order valence-electron chi connectivity index (χ3n) is 2.45. The first kappa shape index (κ1) is 12.4. The van der Waals surface area contributed by atoms with Crippen molar-refractivity contribution in [3.8, 4) is 0 Å². The van der Waals surface area contributed by atoms with Crippen LogP contribution in [0.2, 0.25) is 0 Å². The topological polar surface area (TPSA) is 52.6 Å². The fourth-order valence-corrected chi connectivity index (χ4v) is 1.52. The largest absolute Gasteiger partial charge is 0.478 e. The van der Waals surface area contributed by atoms with Gasteiger partial charge in [-0.3, -0.25) is 5.01 Å². The minimum absolute atomic E-state index is 0.0781. The Labute approximate surface area is 100 Å². The van der Waals surface area contributed by atoms with Gasteiger partial charge < -0.3 is 5.11 Å². The average molecular weight is 258 g/mol. The van der Waals surface area contributed by atoms with Crippen molar-refractivity contribution in [2.24, 2.45) is 0 Å². The van der Waals surface area contributed by atoms with Gasteiger partial charge in [-0.25, -0.2) is 10.2 Å². The number of nitrogens with zero attached hydrogens (tertiary/aromatic N) is 1. The fraction of sp³-hybridized carbons (Fsp3) is 0.182. The molecule has 2 rings (SSSR count). The maximum absolute atomic E-state index is 12.4. The first-order valence-corrected chi connectivity index (χ1v) is 5.02. The molecular weight excluding hydrogens is 249 g/mol. The van der Waals surface area contributed by atoms with Crippen molar-refractivity contribution in [2.75, 3.05) is 5.01 Å². The van der Waals surface area contributed by atoms with Gasteiger partial charge in [-0.1, -0.05) is 0 Å². The van der Waals surface area contributed by atoms with Gasteiger partial charge in [0, 0.05) is 6.20 Å². The smallest absolute Gasteiger partial charge is 0.409 e. The van der Waals surface area contributed by atoms with E-state index in [-0.39, 0.29) is 5.56 Å². The molecule has 0 aliphatic carbocycles. The van der Waals surface area contributed by atoms with E-state index in [2.05, 4.69) is 5.43 Å². The quantitative estimate of drug-likeness (QED) is 0.853. The van der Waals surface area contributed by atoms with Gasteiger partial charge in [0.25, 0.3) is 0 Å². The zero-order valence-corrected chi connectivity index (χ0v) is 8.98. The van der Waals surface area contributed by atoms with Crippen molar-refractivity contribution < 1.29 is 23.1 Å². The number of hydrazine groups is 1. The number of alkyl halides is 3. The summed E-state index contributed by atoms with van der Waals surface area (Å²) in [4.78, 5) is 10.6. The molecule has 4 nitrogen and oxygen atoms in total. The van der Waals surface area contributed by atoms with E-state index in [9.17, 15) is 18.0 Å². The number of hydrogen-bond donors (Lipinski definition) is 2. The first-order chi connectivity index (χ1) is 8.38. The van der Waals surface area contributed by atoms with Crippen LogP contribution in [0.25, 0.3) is 0 Å². The van der Waals surface area contributed by atoms with E-state index in [1.54, 1.807) is 0 Å². The summed E-state index contributed by atoms with van der Waals surface area (Å²) in [6.45, 7) is 0. The lowest BCUT2D eigenvalue weighted by molar-refractivity contribution is -0.142. The maximum Gasteiger partial charge on any atom is 0.409 e. The van der Waals surface area contributed by atoms with Crippen LogP contribution in [0.4, 0.5) is 18.9 Å². The number of nitrogens with one attached hydrogen (secondary N) is 1. The minimum Gasteiger partial charge on any atom is -0.478 e. The number of aromatic carboxylic acids is 1. The third kappa shape index (κ3) is 2.45. The van der Waals surface area contributed by atoms with Gasteiger partial charge in [0.15, 0.2) is 0 Å². The zero-order chi connectivity index (χ0) is 13.3. The molecule has 1 aromatic rings. The Balaban J connectivity index is 2.11. The van der Waals surface area contributed by atoms with E-state index in [1.807, 2.05) is 0 Å². The van der Waals surface area contributed by atoms with Crippen molar-refractivity contribution in [1.82, 2.24) is 5.43 Å². The highest BCUT2D eigenvalue weighted by Crippen LogP contribution is 2.26. The summed E-state index contributed by atoms with van der Waals surface area (Å²) in [5.41, 5.74) is 2.76. The molecule has 0 fully saturated rings. The monoisotopic (exact) mass is 258 g/mol.